The predicted octanol–water partition coefficient (Wildman–Crippen LogP) is 6.51. The quantitative estimate of drug-likeness (QED) is 0.462. The van der Waals surface area contributed by atoms with Crippen LogP contribution in [0.15, 0.2) is 60.7 Å². The lowest BCUT2D eigenvalue weighted by atomic mass is 9.41. The normalized spacial score (nSPS) is 43.1. The predicted molar refractivity (Wildman–Crippen MR) is 107 cm³/mol. The summed E-state index contributed by atoms with van der Waals surface area (Å²) in [5, 5.41) is 0. The van der Waals surface area contributed by atoms with Crippen molar-refractivity contribution in [3.05, 3.63) is 71.8 Å². The van der Waals surface area contributed by atoms with Crippen LogP contribution in [0.5, 0.6) is 0 Å². The zero-order valence-corrected chi connectivity index (χ0v) is 16.9. The summed E-state index contributed by atoms with van der Waals surface area (Å²) in [6.45, 7) is 0. The molecular formula is C22H22Br2. The van der Waals surface area contributed by atoms with Crippen LogP contribution in [0.3, 0.4) is 0 Å². The number of hydrogen-bond donors (Lipinski definition) is 0. The molecule has 0 nitrogen and oxygen atoms in total. The van der Waals surface area contributed by atoms with Crippen molar-refractivity contribution >= 4 is 31.9 Å². The molecule has 124 valence electrons. The van der Waals surface area contributed by atoms with E-state index in [-0.39, 0.29) is 8.65 Å². The molecule has 0 heterocycles. The smallest absolute Gasteiger partial charge is 0.0288 e. The van der Waals surface area contributed by atoms with Gasteiger partial charge in [0.05, 0.1) is 0 Å². The second-order valence-electron chi connectivity index (χ2n) is 8.66. The van der Waals surface area contributed by atoms with Crippen molar-refractivity contribution in [3.63, 3.8) is 0 Å². The molecule has 0 spiro atoms. The van der Waals surface area contributed by atoms with E-state index in [4.69, 9.17) is 0 Å². The summed E-state index contributed by atoms with van der Waals surface area (Å²) in [7, 11) is 0. The first-order valence-electron chi connectivity index (χ1n) is 8.94. The van der Waals surface area contributed by atoms with E-state index in [0.29, 0.717) is 10.8 Å². The average Bonchev–Trinajstić information content (AvgIpc) is 2.53. The Bertz CT molecular complexity index is 688. The van der Waals surface area contributed by atoms with Gasteiger partial charge in [-0.25, -0.2) is 0 Å². The molecule has 2 aromatic rings. The molecule has 4 saturated carbocycles. The van der Waals surface area contributed by atoms with Crippen molar-refractivity contribution in [1.29, 1.82) is 0 Å². The Morgan fingerprint density at radius 3 is 1.25 bits per heavy atom. The van der Waals surface area contributed by atoms with Gasteiger partial charge in [0.2, 0.25) is 0 Å². The summed E-state index contributed by atoms with van der Waals surface area (Å²) < 4.78 is 0.522. The van der Waals surface area contributed by atoms with Crippen molar-refractivity contribution in [2.75, 3.05) is 0 Å². The topological polar surface area (TPSA) is 0 Å². The lowest BCUT2D eigenvalue weighted by Crippen LogP contribution is -2.65. The number of benzene rings is 2. The molecule has 24 heavy (non-hydrogen) atoms. The van der Waals surface area contributed by atoms with Crippen molar-refractivity contribution in [1.82, 2.24) is 0 Å². The van der Waals surface area contributed by atoms with Gasteiger partial charge < -0.3 is 0 Å². The van der Waals surface area contributed by atoms with E-state index in [1.807, 2.05) is 0 Å². The molecule has 4 fully saturated rings. The summed E-state index contributed by atoms with van der Waals surface area (Å²) in [4.78, 5) is 0. The summed E-state index contributed by atoms with van der Waals surface area (Å²) >= 11 is 8.46. The van der Waals surface area contributed by atoms with Crippen LogP contribution in [0.25, 0.3) is 0 Å². The number of alkyl halides is 2. The molecule has 0 atom stereocenters. The molecule has 0 N–H and O–H groups in total. The third kappa shape index (κ3) is 2.22. The Hall–Kier alpha value is -0.600. The van der Waals surface area contributed by atoms with Crippen LogP contribution in [0.2, 0.25) is 0 Å². The van der Waals surface area contributed by atoms with Gasteiger partial charge in [0.1, 0.15) is 0 Å². The molecule has 0 aliphatic heterocycles. The molecule has 0 unspecified atom stereocenters. The molecule has 0 radical (unpaired) electrons. The Kier molecular flexibility index (Phi) is 3.24. The van der Waals surface area contributed by atoms with Gasteiger partial charge in [0.25, 0.3) is 0 Å². The van der Waals surface area contributed by atoms with Gasteiger partial charge >= 0.3 is 0 Å². The molecule has 0 amide bonds. The highest BCUT2D eigenvalue weighted by molar-refractivity contribution is 9.10. The monoisotopic (exact) mass is 444 g/mol. The average molecular weight is 446 g/mol. The van der Waals surface area contributed by atoms with Gasteiger partial charge in [-0.15, -0.1) is 0 Å². The van der Waals surface area contributed by atoms with E-state index in [1.165, 1.54) is 49.7 Å². The second kappa shape index (κ2) is 4.98. The van der Waals surface area contributed by atoms with Crippen LogP contribution in [0.4, 0.5) is 0 Å². The van der Waals surface area contributed by atoms with E-state index < -0.39 is 0 Å². The Morgan fingerprint density at radius 1 is 0.500 bits per heavy atom. The van der Waals surface area contributed by atoms with E-state index in [9.17, 15) is 0 Å². The first-order valence-corrected chi connectivity index (χ1v) is 10.5. The largest absolute Gasteiger partial charge is 0.0852 e. The molecule has 6 rings (SSSR count). The molecule has 4 aliphatic carbocycles. The Morgan fingerprint density at radius 2 is 0.875 bits per heavy atom. The minimum atomic E-state index is 0.261. The fourth-order valence-corrected chi connectivity index (χ4v) is 10.2. The maximum Gasteiger partial charge on any atom is 0.0288 e. The van der Waals surface area contributed by atoms with Crippen molar-refractivity contribution in [2.45, 2.75) is 58.0 Å². The van der Waals surface area contributed by atoms with E-state index in [1.54, 1.807) is 0 Å². The van der Waals surface area contributed by atoms with E-state index >= 15 is 0 Å². The van der Waals surface area contributed by atoms with E-state index in [0.717, 1.165) is 0 Å². The SMILES string of the molecule is BrC12CC3(Br)CC(c4ccccc4)(C1)CC(c1ccccc1)(C2)C3. The molecule has 4 aliphatic rings. The van der Waals surface area contributed by atoms with Gasteiger partial charge in [0, 0.05) is 8.65 Å². The Labute approximate surface area is 161 Å². The van der Waals surface area contributed by atoms with Crippen molar-refractivity contribution < 1.29 is 0 Å². The van der Waals surface area contributed by atoms with Gasteiger partial charge in [0.15, 0.2) is 0 Å². The van der Waals surface area contributed by atoms with Crippen LogP contribution in [-0.2, 0) is 10.8 Å². The molecule has 2 heteroatoms. The van der Waals surface area contributed by atoms with Gasteiger partial charge in [-0.3, -0.25) is 0 Å². The van der Waals surface area contributed by atoms with Gasteiger partial charge in [-0.2, -0.15) is 0 Å². The number of hydrogen-bond acceptors (Lipinski definition) is 0. The molecule has 0 aromatic heterocycles. The van der Waals surface area contributed by atoms with Crippen molar-refractivity contribution in [2.24, 2.45) is 0 Å². The Balaban J connectivity index is 1.70. The second-order valence-corrected chi connectivity index (χ2v) is 12.0. The summed E-state index contributed by atoms with van der Waals surface area (Å²) in [6.07, 6.45) is 7.62. The van der Waals surface area contributed by atoms with Crippen LogP contribution < -0.4 is 0 Å². The van der Waals surface area contributed by atoms with E-state index in [2.05, 4.69) is 92.5 Å². The third-order valence-electron chi connectivity index (χ3n) is 6.70. The number of rotatable bonds is 2. The molecule has 4 bridgehead atoms. The molecule has 0 saturated heterocycles. The standard InChI is InChI=1S/C22H22Br2/c23-21-12-19(17-7-3-1-4-8-17)11-20(14-21,15-22(24,13-19)16-21)18-9-5-2-6-10-18/h1-10H,11-16H2. The van der Waals surface area contributed by atoms with Crippen molar-refractivity contribution in [3.8, 4) is 0 Å². The van der Waals surface area contributed by atoms with Crippen LogP contribution in [-0.4, -0.2) is 8.65 Å². The number of halogens is 2. The summed E-state index contributed by atoms with van der Waals surface area (Å²) in [5.41, 5.74) is 3.66. The van der Waals surface area contributed by atoms with Crippen LogP contribution >= 0.6 is 31.9 Å². The lowest BCUT2D eigenvalue weighted by molar-refractivity contribution is 0.0104. The summed E-state index contributed by atoms with van der Waals surface area (Å²) in [6, 6.07) is 22.6. The highest BCUT2D eigenvalue weighted by Gasteiger charge is 2.67. The first kappa shape index (κ1) is 15.6. The molecular weight excluding hydrogens is 424 g/mol. The zero-order valence-electron chi connectivity index (χ0n) is 13.8. The van der Waals surface area contributed by atoms with Gasteiger partial charge in [-0.05, 0) is 60.5 Å². The highest BCUT2D eigenvalue weighted by Crippen LogP contribution is 2.72. The highest BCUT2D eigenvalue weighted by atomic mass is 79.9. The lowest BCUT2D eigenvalue weighted by Gasteiger charge is -2.68. The maximum absolute atomic E-state index is 4.23. The zero-order chi connectivity index (χ0) is 16.5. The maximum atomic E-state index is 4.23. The summed E-state index contributed by atoms with van der Waals surface area (Å²) in [5.74, 6) is 0. The fourth-order valence-electron chi connectivity index (χ4n) is 6.59. The minimum absolute atomic E-state index is 0.261. The van der Waals surface area contributed by atoms with Crippen LogP contribution in [0, 0.1) is 0 Å². The minimum Gasteiger partial charge on any atom is -0.0852 e. The first-order chi connectivity index (χ1) is 11.5. The van der Waals surface area contributed by atoms with Crippen LogP contribution in [0.1, 0.15) is 49.7 Å². The van der Waals surface area contributed by atoms with Gasteiger partial charge in [-0.1, -0.05) is 92.5 Å². The fraction of sp³-hybridized carbons (Fsp3) is 0.455. The third-order valence-corrected chi connectivity index (χ3v) is 8.39. The molecule has 2 aromatic carbocycles.